The first-order valence-corrected chi connectivity index (χ1v) is 10.9. The number of carbonyl (C=O) groups is 4. The fraction of sp³-hybridized carbons (Fsp3) is 0.583. The number of carbonyl (C=O) groups excluding carboxylic acids is 4. The molecule has 5 atom stereocenters. The van der Waals surface area contributed by atoms with Gasteiger partial charge in [0, 0.05) is 12.8 Å². The van der Waals surface area contributed by atoms with E-state index in [2.05, 4.69) is 13.2 Å². The van der Waals surface area contributed by atoms with Gasteiger partial charge in [0.25, 0.3) is 0 Å². The summed E-state index contributed by atoms with van der Waals surface area (Å²) in [5, 5.41) is 21.1. The van der Waals surface area contributed by atoms with Gasteiger partial charge in [0.1, 0.15) is 17.3 Å². The predicted octanol–water partition coefficient (Wildman–Crippen LogP) is 0.840. The lowest BCUT2D eigenvalue weighted by Crippen LogP contribution is -2.59. The van der Waals surface area contributed by atoms with Crippen molar-refractivity contribution in [1.82, 2.24) is 0 Å². The number of esters is 3. The molecule has 0 aromatic rings. The molecule has 0 amide bonds. The first kappa shape index (κ1) is 25.8. The van der Waals surface area contributed by atoms with Crippen molar-refractivity contribution in [2.45, 2.75) is 75.0 Å². The van der Waals surface area contributed by atoms with Crippen LogP contribution >= 0.6 is 0 Å². The maximum Gasteiger partial charge on any atom is 0.337 e. The Morgan fingerprint density at radius 2 is 1.85 bits per heavy atom. The Bertz CT molecular complexity index is 1010. The van der Waals surface area contributed by atoms with Gasteiger partial charge in [-0.15, -0.1) is 0 Å². The van der Waals surface area contributed by atoms with Gasteiger partial charge in [0.15, 0.2) is 11.4 Å². The van der Waals surface area contributed by atoms with Crippen LogP contribution < -0.4 is 0 Å². The molecule has 2 N–H and O–H groups in total. The third-order valence-corrected chi connectivity index (χ3v) is 7.16. The molecule has 186 valence electrons. The fourth-order valence-corrected chi connectivity index (χ4v) is 5.14. The van der Waals surface area contributed by atoms with Crippen LogP contribution in [0.3, 0.4) is 0 Å². The summed E-state index contributed by atoms with van der Waals surface area (Å²) in [5.41, 5.74) is -7.51. The molecule has 3 aliphatic heterocycles. The van der Waals surface area contributed by atoms with Crippen molar-refractivity contribution in [2.75, 3.05) is 13.7 Å². The maximum atomic E-state index is 13.5. The number of allylic oxidation sites excluding steroid dienone is 1. The number of ether oxygens (including phenoxy) is 4. The van der Waals surface area contributed by atoms with Crippen molar-refractivity contribution >= 4 is 23.7 Å². The fourth-order valence-electron chi connectivity index (χ4n) is 5.14. The molecule has 0 radical (unpaired) electrons. The van der Waals surface area contributed by atoms with Crippen LogP contribution in [0, 0.1) is 0 Å². The SMILES string of the molecule is C=C(CO)C(=O)O[C@H]1C[C@@]2(C)OC(=O)/C(=C/C)[C@]2(O)CC[C@]2(C)CC(=O)[C@@]1(C(=C)C(=O)OC)O2. The van der Waals surface area contributed by atoms with Gasteiger partial charge < -0.3 is 29.2 Å². The minimum atomic E-state index is -2.17. The van der Waals surface area contributed by atoms with E-state index in [1.807, 2.05) is 0 Å². The molecule has 10 heteroatoms. The molecular formula is C24H30O10. The lowest BCUT2D eigenvalue weighted by Gasteiger charge is -2.42. The molecule has 0 unspecified atom stereocenters. The van der Waals surface area contributed by atoms with Crippen molar-refractivity contribution in [1.29, 1.82) is 0 Å². The number of rotatable bonds is 5. The highest BCUT2D eigenvalue weighted by Crippen LogP contribution is 2.54. The normalized spacial score (nSPS) is 38.3. The zero-order chi connectivity index (χ0) is 25.7. The zero-order valence-corrected chi connectivity index (χ0v) is 19.8. The molecule has 2 bridgehead atoms. The monoisotopic (exact) mass is 478 g/mol. The second-order valence-electron chi connectivity index (χ2n) is 9.40. The van der Waals surface area contributed by atoms with Crippen molar-refractivity contribution < 1.29 is 48.3 Å². The van der Waals surface area contributed by atoms with E-state index in [4.69, 9.17) is 18.9 Å². The summed E-state index contributed by atoms with van der Waals surface area (Å²) in [6, 6.07) is 0. The van der Waals surface area contributed by atoms with Crippen molar-refractivity contribution in [2.24, 2.45) is 0 Å². The van der Waals surface area contributed by atoms with Gasteiger partial charge in [-0.2, -0.15) is 0 Å². The van der Waals surface area contributed by atoms with Gasteiger partial charge in [-0.25, -0.2) is 14.4 Å². The third kappa shape index (κ3) is 3.60. The third-order valence-electron chi connectivity index (χ3n) is 7.16. The average Bonchev–Trinajstić information content (AvgIpc) is 3.17. The first-order chi connectivity index (χ1) is 15.7. The molecule has 0 aromatic carbocycles. The summed E-state index contributed by atoms with van der Waals surface area (Å²) in [7, 11) is 1.10. The van der Waals surface area contributed by atoms with Crippen molar-refractivity contribution in [3.63, 3.8) is 0 Å². The van der Waals surface area contributed by atoms with Crippen LogP contribution in [-0.4, -0.2) is 76.1 Å². The molecule has 3 rings (SSSR count). The van der Waals surface area contributed by atoms with E-state index in [-0.39, 0.29) is 30.4 Å². The summed E-state index contributed by atoms with van der Waals surface area (Å²) >= 11 is 0. The van der Waals surface area contributed by atoms with Gasteiger partial charge in [0.05, 0.1) is 36.0 Å². The maximum absolute atomic E-state index is 13.5. The number of aliphatic hydroxyl groups excluding tert-OH is 1. The van der Waals surface area contributed by atoms with Gasteiger partial charge >= 0.3 is 17.9 Å². The van der Waals surface area contributed by atoms with Gasteiger partial charge in [0.2, 0.25) is 0 Å². The summed E-state index contributed by atoms with van der Waals surface area (Å²) in [6.07, 6.45) is -0.624. The molecule has 0 aromatic heterocycles. The van der Waals surface area contributed by atoms with E-state index in [9.17, 15) is 29.4 Å². The molecule has 3 heterocycles. The van der Waals surface area contributed by atoms with E-state index in [0.29, 0.717) is 0 Å². The summed E-state index contributed by atoms with van der Waals surface area (Å²) in [6.45, 7) is 11.1. The summed E-state index contributed by atoms with van der Waals surface area (Å²) in [4.78, 5) is 51.4. The number of aliphatic hydroxyl groups is 2. The van der Waals surface area contributed by atoms with Crippen LogP contribution in [0.5, 0.6) is 0 Å². The van der Waals surface area contributed by atoms with Gasteiger partial charge in [-0.1, -0.05) is 19.2 Å². The zero-order valence-electron chi connectivity index (χ0n) is 19.8. The number of fused-ring (bicyclic) bond motifs is 3. The molecule has 3 fully saturated rings. The second kappa shape index (κ2) is 8.44. The lowest BCUT2D eigenvalue weighted by molar-refractivity contribution is -0.189. The Morgan fingerprint density at radius 1 is 1.21 bits per heavy atom. The Hall–Kier alpha value is -2.82. The van der Waals surface area contributed by atoms with E-state index in [1.54, 1.807) is 13.8 Å². The number of hydrogen-bond acceptors (Lipinski definition) is 10. The first-order valence-electron chi connectivity index (χ1n) is 10.9. The Morgan fingerprint density at radius 3 is 2.41 bits per heavy atom. The van der Waals surface area contributed by atoms with Crippen LogP contribution in [0.2, 0.25) is 0 Å². The highest BCUT2D eigenvalue weighted by Gasteiger charge is 2.69. The standard InChI is InChI=1S/C24H30O10/c1-7-15-20(29)33-22(5)11-17(32-18(27)13(2)12-25)24(14(3)19(28)31-6)16(26)10-21(4,34-24)8-9-23(15,22)30/h7,17,25,30H,2-3,8-12H2,1,4-6H3/b15-7-/t17-,21+,22+,23+,24+/m0/s1. The van der Waals surface area contributed by atoms with E-state index in [0.717, 1.165) is 7.11 Å². The Labute approximate surface area is 197 Å². The van der Waals surface area contributed by atoms with Gasteiger partial charge in [-0.3, -0.25) is 4.79 Å². The highest BCUT2D eigenvalue weighted by atomic mass is 16.6. The van der Waals surface area contributed by atoms with Crippen LogP contribution in [-0.2, 0) is 38.1 Å². The Kier molecular flexibility index (Phi) is 6.40. The van der Waals surface area contributed by atoms with E-state index >= 15 is 0 Å². The molecule has 3 saturated heterocycles. The smallest absolute Gasteiger partial charge is 0.337 e. The number of hydrogen-bond donors (Lipinski definition) is 2. The summed E-state index contributed by atoms with van der Waals surface area (Å²) < 4.78 is 22.2. The average molecular weight is 478 g/mol. The van der Waals surface area contributed by atoms with Crippen molar-refractivity contribution in [3.05, 3.63) is 36.0 Å². The molecule has 0 saturated carbocycles. The minimum absolute atomic E-state index is 0.0104. The minimum Gasteiger partial charge on any atom is -0.466 e. The van der Waals surface area contributed by atoms with E-state index < -0.39 is 70.8 Å². The van der Waals surface area contributed by atoms with E-state index in [1.165, 1.54) is 13.0 Å². The lowest BCUT2D eigenvalue weighted by atomic mass is 9.69. The number of Topliss-reactive ketones (excluding diaryl/α,β-unsaturated/α-hetero) is 1. The molecule has 0 aliphatic carbocycles. The van der Waals surface area contributed by atoms with Crippen LogP contribution in [0.15, 0.2) is 36.0 Å². The molecule has 34 heavy (non-hydrogen) atoms. The molecular weight excluding hydrogens is 448 g/mol. The molecule has 10 nitrogen and oxygen atoms in total. The number of methoxy groups -OCH3 is 1. The highest BCUT2D eigenvalue weighted by molar-refractivity contribution is 6.05. The van der Waals surface area contributed by atoms with Crippen LogP contribution in [0.4, 0.5) is 0 Å². The van der Waals surface area contributed by atoms with Crippen molar-refractivity contribution in [3.8, 4) is 0 Å². The number of ketones is 1. The van der Waals surface area contributed by atoms with Crippen LogP contribution in [0.25, 0.3) is 0 Å². The quantitative estimate of drug-likeness (QED) is 0.331. The van der Waals surface area contributed by atoms with Crippen LogP contribution in [0.1, 0.15) is 46.5 Å². The predicted molar refractivity (Wildman–Crippen MR) is 116 cm³/mol. The largest absolute Gasteiger partial charge is 0.466 e. The second-order valence-corrected chi connectivity index (χ2v) is 9.40. The topological polar surface area (TPSA) is 146 Å². The van der Waals surface area contributed by atoms with Gasteiger partial charge in [-0.05, 0) is 33.6 Å². The summed E-state index contributed by atoms with van der Waals surface area (Å²) in [5.74, 6) is -3.35. The Balaban J connectivity index is 2.26. The molecule has 3 aliphatic rings. The molecule has 0 spiro atoms.